The van der Waals surface area contributed by atoms with Gasteiger partial charge in [0.1, 0.15) is 0 Å². The zero-order valence-corrected chi connectivity index (χ0v) is 14.6. The summed E-state index contributed by atoms with van der Waals surface area (Å²) in [5.74, 6) is -2.44. The molecule has 148 valence electrons. The van der Waals surface area contributed by atoms with Crippen molar-refractivity contribution in [2.24, 2.45) is 0 Å². The molecule has 3 rings (SSSR count). The van der Waals surface area contributed by atoms with E-state index in [9.17, 15) is 18.0 Å². The topological polar surface area (TPSA) is 104 Å². The summed E-state index contributed by atoms with van der Waals surface area (Å²) in [6.45, 7) is 1.38. The van der Waals surface area contributed by atoms with Gasteiger partial charge < -0.3 is 21.5 Å². The molecule has 0 spiro atoms. The second kappa shape index (κ2) is 8.79. The molecule has 6 nitrogen and oxygen atoms in total. The number of allylic oxidation sites excluding steroid dienone is 2. The van der Waals surface area contributed by atoms with Crippen LogP contribution in [0.2, 0.25) is 0 Å². The monoisotopic (exact) mass is 385 g/mol. The van der Waals surface area contributed by atoms with Gasteiger partial charge in [0.15, 0.2) is 0 Å². The first-order valence-electron chi connectivity index (χ1n) is 8.59. The first-order valence-corrected chi connectivity index (χ1v) is 8.59. The Kier molecular flexibility index (Phi) is 6.70. The Morgan fingerprint density at radius 2 is 1.81 bits per heavy atom. The lowest BCUT2D eigenvalue weighted by Gasteiger charge is -2.25. The number of anilines is 1. The van der Waals surface area contributed by atoms with Crippen LogP contribution in [0.4, 0.5) is 23.7 Å². The molecule has 1 heterocycles. The number of hydrogen-bond acceptors (Lipinski definition) is 3. The van der Waals surface area contributed by atoms with Gasteiger partial charge in [-0.1, -0.05) is 12.1 Å². The van der Waals surface area contributed by atoms with Crippen LogP contribution < -0.4 is 16.4 Å². The van der Waals surface area contributed by atoms with E-state index in [2.05, 4.69) is 28.8 Å². The maximum Gasteiger partial charge on any atom is 0.490 e. The Balaban J connectivity index is 0.000000321. The summed E-state index contributed by atoms with van der Waals surface area (Å²) in [5, 5.41) is 12.8. The lowest BCUT2D eigenvalue weighted by Crippen LogP contribution is -2.47. The van der Waals surface area contributed by atoms with E-state index in [1.54, 1.807) is 0 Å². The molecular weight excluding hydrogens is 363 g/mol. The van der Waals surface area contributed by atoms with Gasteiger partial charge in [-0.05, 0) is 49.0 Å². The molecule has 0 saturated carbocycles. The van der Waals surface area contributed by atoms with Gasteiger partial charge in [-0.3, -0.25) is 0 Å². The third kappa shape index (κ3) is 5.90. The summed E-state index contributed by atoms with van der Waals surface area (Å²) in [6.07, 6.45) is 2.03. The van der Waals surface area contributed by atoms with E-state index in [4.69, 9.17) is 15.6 Å². The van der Waals surface area contributed by atoms with Crippen LogP contribution in [0.15, 0.2) is 24.3 Å². The number of amides is 2. The normalized spacial score (nSPS) is 17.7. The van der Waals surface area contributed by atoms with Crippen LogP contribution in [0.3, 0.4) is 0 Å². The predicted molar refractivity (Wildman–Crippen MR) is 95.1 cm³/mol. The standard InChI is InChI=1S/C16H21N3O.C2HF3O2/c17-15-7-6-12(13-9-18-16(20)19-10-13)8-14(15)11-4-2-1-3-5-11;3-2(4,5)1(6)7/h4,6-8,13H,1-3,5,9-10,17H2,(H2,18,19,20);(H,6,7). The molecule has 1 saturated heterocycles. The van der Waals surface area contributed by atoms with Crippen molar-refractivity contribution in [2.45, 2.75) is 37.8 Å². The van der Waals surface area contributed by atoms with Crippen molar-refractivity contribution in [1.82, 2.24) is 10.6 Å². The van der Waals surface area contributed by atoms with Crippen molar-refractivity contribution in [3.63, 3.8) is 0 Å². The SMILES string of the molecule is Nc1ccc(C2CNC(=O)NC2)cc1C1=CCCCC1.O=C(O)C(F)(F)F. The Labute approximate surface area is 154 Å². The number of hydrogen-bond donors (Lipinski definition) is 4. The van der Waals surface area contributed by atoms with Gasteiger partial charge in [0, 0.05) is 30.3 Å². The molecule has 1 aromatic rings. The molecule has 1 aliphatic carbocycles. The second-order valence-corrected chi connectivity index (χ2v) is 6.41. The zero-order valence-electron chi connectivity index (χ0n) is 14.6. The Hall–Kier alpha value is -2.71. The van der Waals surface area contributed by atoms with Crippen LogP contribution in [0, 0.1) is 0 Å². The van der Waals surface area contributed by atoms with Crippen molar-refractivity contribution in [3.8, 4) is 0 Å². The van der Waals surface area contributed by atoms with E-state index in [1.165, 1.54) is 29.5 Å². The van der Waals surface area contributed by atoms with Crippen LogP contribution in [0.5, 0.6) is 0 Å². The molecule has 0 unspecified atom stereocenters. The summed E-state index contributed by atoms with van der Waals surface area (Å²) < 4.78 is 31.7. The fraction of sp³-hybridized carbons (Fsp3) is 0.444. The summed E-state index contributed by atoms with van der Waals surface area (Å²) in [4.78, 5) is 20.1. The molecule has 0 bridgehead atoms. The second-order valence-electron chi connectivity index (χ2n) is 6.41. The van der Waals surface area contributed by atoms with Crippen LogP contribution in [0.25, 0.3) is 5.57 Å². The summed E-state index contributed by atoms with van der Waals surface area (Å²) >= 11 is 0. The van der Waals surface area contributed by atoms with Gasteiger partial charge in [0.25, 0.3) is 0 Å². The Morgan fingerprint density at radius 1 is 1.19 bits per heavy atom. The van der Waals surface area contributed by atoms with Crippen LogP contribution in [-0.2, 0) is 4.79 Å². The van der Waals surface area contributed by atoms with Crippen molar-refractivity contribution < 1.29 is 27.9 Å². The van der Waals surface area contributed by atoms with Gasteiger partial charge in [0.2, 0.25) is 0 Å². The number of urea groups is 1. The third-order valence-corrected chi connectivity index (χ3v) is 4.45. The minimum atomic E-state index is -5.08. The summed E-state index contributed by atoms with van der Waals surface area (Å²) in [7, 11) is 0. The Bertz CT molecular complexity index is 722. The van der Waals surface area contributed by atoms with E-state index < -0.39 is 12.1 Å². The van der Waals surface area contributed by atoms with Crippen molar-refractivity contribution in [2.75, 3.05) is 18.8 Å². The highest BCUT2D eigenvalue weighted by Crippen LogP contribution is 2.32. The number of aliphatic carboxylic acids is 1. The zero-order chi connectivity index (χ0) is 20.0. The first kappa shape index (κ1) is 20.6. The molecule has 1 aromatic carbocycles. The number of nitrogens with one attached hydrogen (secondary N) is 2. The number of carboxylic acids is 1. The highest BCUT2D eigenvalue weighted by molar-refractivity contribution is 5.77. The lowest BCUT2D eigenvalue weighted by molar-refractivity contribution is -0.192. The van der Waals surface area contributed by atoms with Crippen LogP contribution in [-0.4, -0.2) is 36.4 Å². The number of alkyl halides is 3. The molecule has 1 aliphatic heterocycles. The van der Waals surface area contributed by atoms with Gasteiger partial charge in [-0.15, -0.1) is 0 Å². The van der Waals surface area contributed by atoms with E-state index in [1.807, 2.05) is 6.07 Å². The molecule has 9 heteroatoms. The summed E-state index contributed by atoms with van der Waals surface area (Å²) in [5.41, 5.74) is 10.8. The minimum absolute atomic E-state index is 0.0769. The van der Waals surface area contributed by atoms with Crippen molar-refractivity contribution >= 4 is 23.3 Å². The molecule has 5 N–H and O–H groups in total. The number of carbonyl (C=O) groups excluding carboxylic acids is 1. The number of nitrogen functional groups attached to an aromatic ring is 1. The molecule has 0 radical (unpaired) electrons. The first-order chi connectivity index (χ1) is 12.7. The highest BCUT2D eigenvalue weighted by Gasteiger charge is 2.38. The van der Waals surface area contributed by atoms with Crippen LogP contribution in [0.1, 0.15) is 42.7 Å². The number of nitrogens with two attached hydrogens (primary N) is 1. The fourth-order valence-electron chi connectivity index (χ4n) is 2.99. The maximum atomic E-state index is 11.2. The van der Waals surface area contributed by atoms with E-state index >= 15 is 0 Å². The van der Waals surface area contributed by atoms with E-state index in [0.29, 0.717) is 19.0 Å². The molecule has 0 atom stereocenters. The van der Waals surface area contributed by atoms with Gasteiger partial charge in [-0.2, -0.15) is 13.2 Å². The van der Waals surface area contributed by atoms with E-state index in [-0.39, 0.29) is 6.03 Å². The quantitative estimate of drug-likeness (QED) is 0.587. The average molecular weight is 385 g/mol. The third-order valence-electron chi connectivity index (χ3n) is 4.45. The Morgan fingerprint density at radius 3 is 2.33 bits per heavy atom. The van der Waals surface area contributed by atoms with Gasteiger partial charge >= 0.3 is 18.2 Å². The minimum Gasteiger partial charge on any atom is -0.475 e. The maximum absolute atomic E-state index is 11.2. The average Bonchev–Trinajstić information content (AvgIpc) is 2.63. The number of carboxylic acid groups (broad SMARTS) is 1. The molecular formula is C18H22F3N3O3. The van der Waals surface area contributed by atoms with Crippen molar-refractivity contribution in [3.05, 3.63) is 35.4 Å². The van der Waals surface area contributed by atoms with E-state index in [0.717, 1.165) is 18.5 Å². The van der Waals surface area contributed by atoms with Gasteiger partial charge in [0.05, 0.1) is 0 Å². The lowest BCUT2D eigenvalue weighted by atomic mass is 9.89. The fourth-order valence-corrected chi connectivity index (χ4v) is 2.99. The molecule has 2 aliphatic rings. The summed E-state index contributed by atoms with van der Waals surface area (Å²) in [6, 6.07) is 6.20. The molecule has 0 aromatic heterocycles. The smallest absolute Gasteiger partial charge is 0.475 e. The number of rotatable bonds is 2. The molecule has 2 amide bonds. The van der Waals surface area contributed by atoms with Crippen LogP contribution >= 0.6 is 0 Å². The van der Waals surface area contributed by atoms with Gasteiger partial charge in [-0.25, -0.2) is 9.59 Å². The highest BCUT2D eigenvalue weighted by atomic mass is 19.4. The van der Waals surface area contributed by atoms with Crippen molar-refractivity contribution in [1.29, 1.82) is 0 Å². The number of halogens is 3. The molecule has 1 fully saturated rings. The largest absolute Gasteiger partial charge is 0.490 e. The number of carbonyl (C=O) groups is 2. The predicted octanol–water partition coefficient (Wildman–Crippen LogP) is 3.26. The molecule has 27 heavy (non-hydrogen) atoms. The number of benzene rings is 1.